The topological polar surface area (TPSA) is 86.8 Å². The molecule has 0 aromatic heterocycles. The number of nitrogens with one attached hydrogen (secondary N) is 1. The van der Waals surface area contributed by atoms with Crippen LogP contribution in [-0.4, -0.2) is 44.3 Å². The highest BCUT2D eigenvalue weighted by Gasteiger charge is 2.32. The predicted octanol–water partition coefficient (Wildman–Crippen LogP) is 6.18. The van der Waals surface area contributed by atoms with E-state index in [4.69, 9.17) is 34.8 Å². The second-order valence-electron chi connectivity index (χ2n) is 8.90. The fourth-order valence-corrected chi connectivity index (χ4v) is 5.77. The normalized spacial score (nSPS) is 12.0. The van der Waals surface area contributed by atoms with Gasteiger partial charge in [-0.3, -0.25) is 13.9 Å². The maximum Gasteiger partial charge on any atom is 0.264 e. The van der Waals surface area contributed by atoms with Crippen molar-refractivity contribution in [3.63, 3.8) is 0 Å². The maximum atomic E-state index is 13.9. The lowest BCUT2D eigenvalue weighted by Gasteiger charge is -2.32. The van der Waals surface area contributed by atoms with Gasteiger partial charge in [0.1, 0.15) is 12.6 Å². The lowest BCUT2D eigenvalue weighted by Crippen LogP contribution is -2.51. The Hall–Kier alpha value is -2.78. The molecule has 0 bridgehead atoms. The van der Waals surface area contributed by atoms with E-state index >= 15 is 0 Å². The van der Waals surface area contributed by atoms with E-state index < -0.39 is 28.5 Å². The van der Waals surface area contributed by atoms with E-state index in [0.29, 0.717) is 17.1 Å². The number of halogens is 3. The number of carbonyl (C=O) groups is 2. The van der Waals surface area contributed by atoms with Crippen molar-refractivity contribution in [3.05, 3.63) is 93.4 Å². The highest BCUT2D eigenvalue weighted by atomic mass is 35.5. The minimum absolute atomic E-state index is 0.00405. The Kier molecular flexibility index (Phi) is 11.1. The molecule has 0 heterocycles. The smallest absolute Gasteiger partial charge is 0.264 e. The van der Waals surface area contributed by atoms with Crippen LogP contribution in [-0.2, 0) is 26.2 Å². The van der Waals surface area contributed by atoms with E-state index in [9.17, 15) is 18.0 Å². The van der Waals surface area contributed by atoms with Crippen LogP contribution in [0.5, 0.6) is 0 Å². The molecule has 2 amide bonds. The molecule has 0 fully saturated rings. The van der Waals surface area contributed by atoms with Crippen molar-refractivity contribution < 1.29 is 18.0 Å². The Morgan fingerprint density at radius 1 is 0.923 bits per heavy atom. The largest absolute Gasteiger partial charge is 0.354 e. The Morgan fingerprint density at radius 3 is 2.28 bits per heavy atom. The first kappa shape index (κ1) is 30.8. The van der Waals surface area contributed by atoms with E-state index in [1.807, 2.05) is 6.92 Å². The summed E-state index contributed by atoms with van der Waals surface area (Å²) in [7, 11) is -4.19. The molecule has 1 unspecified atom stereocenters. The average molecular weight is 611 g/mol. The molecule has 11 heteroatoms. The number of nitrogens with zero attached hydrogens (tertiary/aromatic N) is 2. The van der Waals surface area contributed by atoms with Gasteiger partial charge in [0.15, 0.2) is 0 Å². The minimum Gasteiger partial charge on any atom is -0.354 e. The summed E-state index contributed by atoms with van der Waals surface area (Å²) >= 11 is 18.4. The molecule has 0 aliphatic rings. The first-order valence-corrected chi connectivity index (χ1v) is 15.0. The third-order valence-corrected chi connectivity index (χ3v) is 8.80. The molecule has 3 aromatic carbocycles. The number of unbranched alkanes of at least 4 members (excludes halogenated alkanes) is 1. The van der Waals surface area contributed by atoms with Crippen molar-refractivity contribution in [2.45, 2.75) is 44.2 Å². The van der Waals surface area contributed by atoms with Crippen LogP contribution in [0.1, 0.15) is 32.3 Å². The number of benzene rings is 3. The van der Waals surface area contributed by atoms with Crippen molar-refractivity contribution in [3.8, 4) is 0 Å². The molecule has 0 saturated carbocycles. The first-order chi connectivity index (χ1) is 18.5. The summed E-state index contributed by atoms with van der Waals surface area (Å²) in [6.45, 7) is 3.55. The van der Waals surface area contributed by atoms with Crippen molar-refractivity contribution in [2.24, 2.45) is 0 Å². The number of anilines is 1. The van der Waals surface area contributed by atoms with Gasteiger partial charge >= 0.3 is 0 Å². The van der Waals surface area contributed by atoms with Crippen LogP contribution >= 0.6 is 34.8 Å². The van der Waals surface area contributed by atoms with Crippen LogP contribution in [0.25, 0.3) is 0 Å². The summed E-state index contributed by atoms with van der Waals surface area (Å²) in [6.07, 6.45) is 1.69. The van der Waals surface area contributed by atoms with E-state index in [2.05, 4.69) is 5.32 Å². The molecule has 0 spiro atoms. The lowest BCUT2D eigenvalue weighted by atomic mass is 10.1. The zero-order valence-electron chi connectivity index (χ0n) is 21.6. The van der Waals surface area contributed by atoms with Crippen LogP contribution in [0.15, 0.2) is 77.7 Å². The second-order valence-corrected chi connectivity index (χ2v) is 12.0. The summed E-state index contributed by atoms with van der Waals surface area (Å²) in [5, 5.41) is 3.70. The highest BCUT2D eigenvalue weighted by molar-refractivity contribution is 7.92. The molecular weight excluding hydrogens is 581 g/mol. The van der Waals surface area contributed by atoms with Crippen molar-refractivity contribution in [1.82, 2.24) is 10.2 Å². The van der Waals surface area contributed by atoms with Crippen molar-refractivity contribution in [2.75, 3.05) is 17.4 Å². The molecule has 0 aliphatic carbocycles. The van der Waals surface area contributed by atoms with E-state index in [1.54, 1.807) is 49.4 Å². The van der Waals surface area contributed by atoms with Crippen molar-refractivity contribution in [1.29, 1.82) is 0 Å². The van der Waals surface area contributed by atoms with Gasteiger partial charge in [-0.25, -0.2) is 8.42 Å². The fourth-order valence-electron chi connectivity index (χ4n) is 3.84. The van der Waals surface area contributed by atoms with Gasteiger partial charge < -0.3 is 10.2 Å². The lowest BCUT2D eigenvalue weighted by molar-refractivity contribution is -0.139. The van der Waals surface area contributed by atoms with Gasteiger partial charge in [0, 0.05) is 18.1 Å². The van der Waals surface area contributed by atoms with E-state index in [0.717, 1.165) is 17.1 Å². The Balaban J connectivity index is 2.01. The van der Waals surface area contributed by atoms with Crippen LogP contribution in [0.3, 0.4) is 0 Å². The van der Waals surface area contributed by atoms with Crippen LogP contribution < -0.4 is 9.62 Å². The molecule has 3 rings (SSSR count). The predicted molar refractivity (Wildman–Crippen MR) is 157 cm³/mol. The zero-order valence-corrected chi connectivity index (χ0v) is 24.7. The molecule has 7 nitrogen and oxygen atoms in total. The zero-order chi connectivity index (χ0) is 28.6. The van der Waals surface area contributed by atoms with Crippen LogP contribution in [0.4, 0.5) is 5.69 Å². The first-order valence-electron chi connectivity index (χ1n) is 12.4. The van der Waals surface area contributed by atoms with Crippen molar-refractivity contribution >= 4 is 62.3 Å². The summed E-state index contributed by atoms with van der Waals surface area (Å²) in [5.74, 6) is -0.926. The standard InChI is InChI=1S/C28H30Cl3N3O4S/c1-3-4-15-32-28(36)20(2)33(18-21-9-8-10-22(29)16-21)27(35)19-34(23-13-14-25(30)26(31)17-23)39(37,38)24-11-6-5-7-12-24/h5-14,16-17,20H,3-4,15,18-19H2,1-2H3,(H,32,36). The Morgan fingerprint density at radius 2 is 1.64 bits per heavy atom. The van der Waals surface area contributed by atoms with Gasteiger partial charge in [0.25, 0.3) is 10.0 Å². The van der Waals surface area contributed by atoms with Gasteiger partial charge in [-0.15, -0.1) is 0 Å². The minimum atomic E-state index is -4.19. The molecular formula is C28H30Cl3N3O4S. The number of carbonyl (C=O) groups excluding carboxylic acids is 2. The average Bonchev–Trinajstić information content (AvgIpc) is 2.92. The summed E-state index contributed by atoms with van der Waals surface area (Å²) in [4.78, 5) is 28.2. The molecule has 1 N–H and O–H groups in total. The number of rotatable bonds is 12. The van der Waals surface area contributed by atoms with E-state index in [-0.39, 0.29) is 33.1 Å². The molecule has 0 aliphatic heterocycles. The SMILES string of the molecule is CCCCNC(=O)C(C)N(Cc1cccc(Cl)c1)C(=O)CN(c1ccc(Cl)c(Cl)c1)S(=O)(=O)c1ccccc1. The van der Waals surface area contributed by atoms with Gasteiger partial charge in [0.05, 0.1) is 20.6 Å². The molecule has 0 saturated heterocycles. The Bertz CT molecular complexity index is 1400. The molecule has 0 radical (unpaired) electrons. The van der Waals surface area contributed by atoms with Crippen LogP contribution in [0, 0.1) is 0 Å². The number of sulfonamides is 1. The van der Waals surface area contributed by atoms with E-state index in [1.165, 1.54) is 35.2 Å². The number of hydrogen-bond acceptors (Lipinski definition) is 4. The highest BCUT2D eigenvalue weighted by Crippen LogP contribution is 2.31. The van der Waals surface area contributed by atoms with Gasteiger partial charge in [-0.1, -0.05) is 78.5 Å². The second kappa shape index (κ2) is 14.0. The Labute approximate surface area is 244 Å². The fraction of sp³-hybridized carbons (Fsp3) is 0.286. The van der Waals surface area contributed by atoms with Gasteiger partial charge in [-0.2, -0.15) is 0 Å². The molecule has 3 aromatic rings. The molecule has 1 atom stereocenters. The van der Waals surface area contributed by atoms with Crippen LogP contribution in [0.2, 0.25) is 15.1 Å². The van der Waals surface area contributed by atoms with Gasteiger partial charge in [0.2, 0.25) is 11.8 Å². The summed E-state index contributed by atoms with van der Waals surface area (Å²) in [6, 6.07) is 18.1. The maximum absolute atomic E-state index is 13.9. The van der Waals surface area contributed by atoms with Gasteiger partial charge in [-0.05, 0) is 61.4 Å². The number of hydrogen-bond donors (Lipinski definition) is 1. The summed E-state index contributed by atoms with van der Waals surface area (Å²) < 4.78 is 28.5. The third-order valence-electron chi connectivity index (χ3n) is 6.04. The monoisotopic (exact) mass is 609 g/mol. The number of amides is 2. The molecule has 208 valence electrons. The summed E-state index contributed by atoms with van der Waals surface area (Å²) in [5.41, 5.74) is 0.848. The molecule has 39 heavy (non-hydrogen) atoms. The third kappa shape index (κ3) is 8.11. The quantitative estimate of drug-likeness (QED) is 0.248.